The van der Waals surface area contributed by atoms with Crippen molar-refractivity contribution in [2.24, 2.45) is 11.8 Å². The van der Waals surface area contributed by atoms with Gasteiger partial charge in [0.05, 0.1) is 0 Å². The molecule has 0 heterocycles. The zero-order valence-corrected chi connectivity index (χ0v) is 7.36. The molecule has 0 bridgehead atoms. The fourth-order valence-electron chi connectivity index (χ4n) is 0.558. The van der Waals surface area contributed by atoms with E-state index in [1.165, 1.54) is 6.16 Å². The Bertz CT molecular complexity index is 50.3. The quantitative estimate of drug-likeness (QED) is 0.518. The molecule has 0 fully saturated rings. The van der Waals surface area contributed by atoms with E-state index in [0.29, 0.717) is 0 Å². The van der Waals surface area contributed by atoms with Crippen molar-refractivity contribution in [3.05, 3.63) is 0 Å². The van der Waals surface area contributed by atoms with E-state index in [4.69, 9.17) is 0 Å². The van der Waals surface area contributed by atoms with Gasteiger partial charge in [-0.3, -0.25) is 0 Å². The zero-order valence-electron chi connectivity index (χ0n) is 6.36. The predicted molar refractivity (Wildman–Crippen MR) is 43.1 cm³/mol. The van der Waals surface area contributed by atoms with Crippen LogP contribution in [0.5, 0.6) is 0 Å². The Morgan fingerprint density at radius 2 is 1.75 bits per heavy atom. The van der Waals surface area contributed by atoms with Crippen LogP contribution in [0.4, 0.5) is 0 Å². The molecule has 0 amide bonds. The lowest BCUT2D eigenvalue weighted by atomic mass is 10.0. The van der Waals surface area contributed by atoms with Crippen LogP contribution in [-0.2, 0) is 0 Å². The van der Waals surface area contributed by atoms with Crippen LogP contribution in [-0.4, -0.2) is 12.8 Å². The van der Waals surface area contributed by atoms with Gasteiger partial charge in [0.25, 0.3) is 0 Å². The summed E-state index contributed by atoms with van der Waals surface area (Å²) in [7, 11) is 1.13. The third kappa shape index (κ3) is 3.43. The molecule has 0 aromatic rings. The lowest BCUT2D eigenvalue weighted by molar-refractivity contribution is 0.464. The molecule has 0 saturated heterocycles. The second-order valence-electron chi connectivity index (χ2n) is 2.78. The summed E-state index contributed by atoms with van der Waals surface area (Å²) in [6.45, 7) is 9.20. The molecular weight excluding hydrogens is 115 g/mol. The average molecular weight is 132 g/mol. The standard InChI is InChI=1S/C7H17P/c1-6(2)7(3)5-8-4/h6-8H,5H2,1-4H3. The van der Waals surface area contributed by atoms with Gasteiger partial charge in [0, 0.05) is 0 Å². The Hall–Kier alpha value is 0.430. The normalized spacial score (nSPS) is 16.1. The minimum absolute atomic E-state index is 0.877. The maximum atomic E-state index is 2.33. The van der Waals surface area contributed by atoms with Gasteiger partial charge in [-0.1, -0.05) is 20.8 Å². The Labute approximate surface area is 54.8 Å². The molecule has 2 unspecified atom stereocenters. The third-order valence-electron chi connectivity index (χ3n) is 1.66. The first kappa shape index (κ1) is 8.43. The molecule has 2 atom stereocenters. The highest BCUT2D eigenvalue weighted by Gasteiger charge is 2.03. The van der Waals surface area contributed by atoms with Gasteiger partial charge in [-0.25, -0.2) is 0 Å². The number of hydrogen-bond acceptors (Lipinski definition) is 0. The molecule has 0 aromatic carbocycles. The van der Waals surface area contributed by atoms with Crippen LogP contribution in [0.2, 0.25) is 0 Å². The van der Waals surface area contributed by atoms with Crippen LogP contribution >= 0.6 is 8.58 Å². The summed E-state index contributed by atoms with van der Waals surface area (Å²) in [4.78, 5) is 0. The summed E-state index contributed by atoms with van der Waals surface area (Å²) in [5.41, 5.74) is 0. The van der Waals surface area contributed by atoms with Gasteiger partial charge in [-0.05, 0) is 24.7 Å². The molecule has 0 spiro atoms. The fourth-order valence-corrected chi connectivity index (χ4v) is 1.67. The maximum absolute atomic E-state index is 2.33. The summed E-state index contributed by atoms with van der Waals surface area (Å²) in [5, 5.41) is 0. The van der Waals surface area contributed by atoms with Crippen molar-refractivity contribution in [2.75, 3.05) is 12.8 Å². The van der Waals surface area contributed by atoms with Crippen molar-refractivity contribution in [3.63, 3.8) is 0 Å². The number of rotatable bonds is 3. The van der Waals surface area contributed by atoms with E-state index < -0.39 is 0 Å². The highest BCUT2D eigenvalue weighted by Crippen LogP contribution is 2.17. The van der Waals surface area contributed by atoms with Gasteiger partial charge >= 0.3 is 0 Å². The predicted octanol–water partition coefficient (Wildman–Crippen LogP) is 2.59. The molecular formula is C7H17P. The van der Waals surface area contributed by atoms with E-state index in [2.05, 4.69) is 27.4 Å². The van der Waals surface area contributed by atoms with Crippen molar-refractivity contribution in [1.29, 1.82) is 0 Å². The van der Waals surface area contributed by atoms with Crippen LogP contribution in [0.15, 0.2) is 0 Å². The lowest BCUT2D eigenvalue weighted by Gasteiger charge is -2.12. The summed E-state index contributed by atoms with van der Waals surface area (Å²) >= 11 is 0. The van der Waals surface area contributed by atoms with Gasteiger partial charge in [0.1, 0.15) is 0 Å². The molecule has 8 heavy (non-hydrogen) atoms. The summed E-state index contributed by atoms with van der Waals surface area (Å²) < 4.78 is 0. The average Bonchev–Trinajstić information content (AvgIpc) is 1.67. The molecule has 0 aliphatic heterocycles. The molecule has 0 aliphatic carbocycles. The van der Waals surface area contributed by atoms with Gasteiger partial charge < -0.3 is 0 Å². The highest BCUT2D eigenvalue weighted by molar-refractivity contribution is 7.36. The van der Waals surface area contributed by atoms with Gasteiger partial charge in [-0.2, -0.15) is 0 Å². The molecule has 0 N–H and O–H groups in total. The minimum atomic E-state index is 0.877. The van der Waals surface area contributed by atoms with E-state index in [1.54, 1.807) is 0 Å². The van der Waals surface area contributed by atoms with E-state index in [0.717, 1.165) is 20.4 Å². The van der Waals surface area contributed by atoms with Crippen molar-refractivity contribution in [1.82, 2.24) is 0 Å². The molecule has 1 heteroatoms. The van der Waals surface area contributed by atoms with Crippen molar-refractivity contribution >= 4 is 8.58 Å². The first-order chi connectivity index (χ1) is 3.68. The lowest BCUT2D eigenvalue weighted by Crippen LogP contribution is -2.04. The van der Waals surface area contributed by atoms with Crippen LogP contribution in [0.3, 0.4) is 0 Å². The van der Waals surface area contributed by atoms with Crippen LogP contribution in [0, 0.1) is 11.8 Å². The first-order valence-electron chi connectivity index (χ1n) is 3.33. The highest BCUT2D eigenvalue weighted by atomic mass is 31.1. The number of hydrogen-bond donors (Lipinski definition) is 0. The van der Waals surface area contributed by atoms with Gasteiger partial charge in [0.2, 0.25) is 0 Å². The summed E-state index contributed by atoms with van der Waals surface area (Å²) in [6, 6.07) is 0. The smallest absolute Gasteiger partial charge is 0.0328 e. The maximum Gasteiger partial charge on any atom is -0.0328 e. The van der Waals surface area contributed by atoms with Crippen molar-refractivity contribution in [3.8, 4) is 0 Å². The fraction of sp³-hybridized carbons (Fsp3) is 1.00. The molecule has 0 saturated carbocycles. The van der Waals surface area contributed by atoms with E-state index in [1.807, 2.05) is 0 Å². The molecule has 0 aliphatic rings. The second kappa shape index (κ2) is 4.32. The van der Waals surface area contributed by atoms with Crippen molar-refractivity contribution < 1.29 is 0 Å². The molecule has 0 aromatic heterocycles. The van der Waals surface area contributed by atoms with Crippen LogP contribution in [0.1, 0.15) is 20.8 Å². The molecule has 0 radical (unpaired) electrons. The largest absolute Gasteiger partial charge is 0.125 e. The van der Waals surface area contributed by atoms with E-state index in [9.17, 15) is 0 Å². The molecule has 0 rings (SSSR count). The topological polar surface area (TPSA) is 0 Å². The Kier molecular flexibility index (Phi) is 4.56. The van der Waals surface area contributed by atoms with Crippen molar-refractivity contribution in [2.45, 2.75) is 20.8 Å². The summed E-state index contributed by atoms with van der Waals surface area (Å²) in [6.07, 6.45) is 1.41. The minimum Gasteiger partial charge on any atom is -0.125 e. The first-order valence-corrected chi connectivity index (χ1v) is 5.03. The van der Waals surface area contributed by atoms with Crippen LogP contribution < -0.4 is 0 Å². The third-order valence-corrected chi connectivity index (χ3v) is 2.72. The molecule has 0 nitrogen and oxygen atoms in total. The zero-order chi connectivity index (χ0) is 6.57. The van der Waals surface area contributed by atoms with Gasteiger partial charge in [0.15, 0.2) is 0 Å². The van der Waals surface area contributed by atoms with E-state index in [-0.39, 0.29) is 0 Å². The molecule has 50 valence electrons. The Balaban J connectivity index is 3.17. The van der Waals surface area contributed by atoms with Crippen LogP contribution in [0.25, 0.3) is 0 Å². The van der Waals surface area contributed by atoms with Gasteiger partial charge in [-0.15, -0.1) is 8.58 Å². The Morgan fingerprint density at radius 3 is 1.88 bits per heavy atom. The SMILES string of the molecule is CPCC(C)C(C)C. The second-order valence-corrected chi connectivity index (χ2v) is 3.89. The summed E-state index contributed by atoms with van der Waals surface area (Å²) in [5.74, 6) is 1.81. The monoisotopic (exact) mass is 132 g/mol. The van der Waals surface area contributed by atoms with E-state index >= 15 is 0 Å². The Morgan fingerprint density at radius 1 is 1.25 bits per heavy atom.